The lowest BCUT2D eigenvalue weighted by atomic mass is 9.98. The van der Waals surface area contributed by atoms with Crippen LogP contribution in [0.5, 0.6) is 0 Å². The molecule has 0 N–H and O–H groups in total. The predicted molar refractivity (Wildman–Crippen MR) is 103 cm³/mol. The molecule has 10 heteroatoms. The normalized spacial score (nSPS) is 16.4. The van der Waals surface area contributed by atoms with Gasteiger partial charge in [-0.05, 0) is 38.0 Å². The van der Waals surface area contributed by atoms with Gasteiger partial charge in [-0.25, -0.2) is 8.42 Å². The van der Waals surface area contributed by atoms with Crippen LogP contribution in [0, 0.1) is 5.92 Å². The average molecular weight is 409 g/mol. The largest absolute Gasteiger partial charge is 0.466 e. The lowest BCUT2D eigenvalue weighted by molar-refractivity contribution is -0.149. The quantitative estimate of drug-likeness (QED) is 0.527. The number of benzene rings is 1. The fourth-order valence-electron chi connectivity index (χ4n) is 3.46. The van der Waals surface area contributed by atoms with E-state index >= 15 is 0 Å². The second-order valence-corrected chi connectivity index (χ2v) is 8.75. The first-order chi connectivity index (χ1) is 13.2. The van der Waals surface area contributed by atoms with E-state index in [1.165, 1.54) is 41.2 Å². The number of ether oxygens (including phenoxy) is 1. The minimum atomic E-state index is -3.79. The first-order valence-corrected chi connectivity index (χ1v) is 10.5. The maximum Gasteiger partial charge on any atom is 0.316 e. The fraction of sp³-hybridized carbons (Fsp3) is 0.500. The van der Waals surface area contributed by atoms with Gasteiger partial charge in [0.15, 0.2) is 0 Å². The van der Waals surface area contributed by atoms with Gasteiger partial charge in [0, 0.05) is 27.2 Å². The zero-order valence-electron chi connectivity index (χ0n) is 16.0. The molecular weight excluding hydrogens is 386 g/mol. The highest BCUT2D eigenvalue weighted by Crippen LogP contribution is 2.26. The monoisotopic (exact) mass is 409 g/mol. The Morgan fingerprint density at radius 2 is 1.64 bits per heavy atom. The minimum Gasteiger partial charge on any atom is -0.466 e. The van der Waals surface area contributed by atoms with Crippen LogP contribution < -0.4 is 11.1 Å². The summed E-state index contributed by atoms with van der Waals surface area (Å²) in [5.74, 6) is -0.584. The third-order valence-corrected chi connectivity index (χ3v) is 7.07. The van der Waals surface area contributed by atoms with Gasteiger partial charge >= 0.3 is 17.1 Å². The summed E-state index contributed by atoms with van der Waals surface area (Å²) in [4.78, 5) is 35.9. The van der Waals surface area contributed by atoms with Crippen molar-refractivity contribution >= 4 is 27.0 Å². The topological polar surface area (TPSA) is 108 Å². The average Bonchev–Trinajstić information content (AvgIpc) is 2.70. The Balaban J connectivity index is 1.93. The van der Waals surface area contributed by atoms with Crippen LogP contribution in [0.4, 0.5) is 0 Å². The molecule has 0 atom stereocenters. The molecule has 1 aromatic heterocycles. The Labute approximate surface area is 162 Å². The van der Waals surface area contributed by atoms with Gasteiger partial charge in [-0.3, -0.25) is 14.4 Å². The molecule has 0 unspecified atom stereocenters. The molecule has 1 aliphatic rings. The van der Waals surface area contributed by atoms with Crippen LogP contribution in [-0.4, -0.2) is 47.5 Å². The van der Waals surface area contributed by atoms with E-state index in [0.29, 0.717) is 30.5 Å². The van der Waals surface area contributed by atoms with Gasteiger partial charge in [0.2, 0.25) is 10.0 Å². The van der Waals surface area contributed by atoms with Crippen LogP contribution in [0.1, 0.15) is 19.8 Å². The minimum absolute atomic E-state index is 0.0447. The molecule has 0 amide bonds. The Morgan fingerprint density at radius 1 is 1.07 bits per heavy atom. The van der Waals surface area contributed by atoms with Crippen LogP contribution in [0.15, 0.2) is 32.7 Å². The van der Waals surface area contributed by atoms with Crippen molar-refractivity contribution in [1.82, 2.24) is 13.4 Å². The number of fused-ring (bicyclic) bond motifs is 1. The van der Waals surface area contributed by atoms with Crippen molar-refractivity contribution < 1.29 is 17.9 Å². The maximum absolute atomic E-state index is 13.0. The second kappa shape index (κ2) is 7.51. The van der Waals surface area contributed by atoms with E-state index in [1.54, 1.807) is 6.92 Å². The summed E-state index contributed by atoms with van der Waals surface area (Å²) in [6.07, 6.45) is 0.803. The Morgan fingerprint density at radius 3 is 2.21 bits per heavy atom. The highest BCUT2D eigenvalue weighted by Gasteiger charge is 2.33. The van der Waals surface area contributed by atoms with Crippen LogP contribution >= 0.6 is 0 Å². The summed E-state index contributed by atoms with van der Waals surface area (Å²) in [6.45, 7) is 2.47. The third-order valence-electron chi connectivity index (χ3n) is 5.17. The Hall–Kier alpha value is -2.46. The molecular formula is C18H23N3O6S. The molecule has 1 aromatic carbocycles. The second-order valence-electron chi connectivity index (χ2n) is 6.81. The highest BCUT2D eigenvalue weighted by molar-refractivity contribution is 7.89. The van der Waals surface area contributed by atoms with E-state index in [-0.39, 0.29) is 29.9 Å². The molecule has 1 saturated heterocycles. The van der Waals surface area contributed by atoms with E-state index in [0.717, 1.165) is 4.57 Å². The van der Waals surface area contributed by atoms with Crippen molar-refractivity contribution in [3.05, 3.63) is 38.9 Å². The number of esters is 1. The van der Waals surface area contributed by atoms with Gasteiger partial charge in [-0.15, -0.1) is 0 Å². The zero-order chi connectivity index (χ0) is 20.6. The summed E-state index contributed by atoms with van der Waals surface area (Å²) in [7, 11) is -0.879. The number of hydrogen-bond donors (Lipinski definition) is 0. The molecule has 0 saturated carbocycles. The van der Waals surface area contributed by atoms with Crippen LogP contribution in [0.3, 0.4) is 0 Å². The van der Waals surface area contributed by atoms with Crippen LogP contribution in [-0.2, 0) is 33.7 Å². The number of carbonyl (C=O) groups is 1. The Kier molecular flexibility index (Phi) is 5.44. The van der Waals surface area contributed by atoms with Gasteiger partial charge in [-0.1, -0.05) is 0 Å². The number of piperidine rings is 1. The first kappa shape index (κ1) is 20.3. The van der Waals surface area contributed by atoms with Gasteiger partial charge in [-0.2, -0.15) is 4.31 Å². The molecule has 152 valence electrons. The van der Waals surface area contributed by atoms with Gasteiger partial charge in [0.05, 0.1) is 28.5 Å². The van der Waals surface area contributed by atoms with E-state index in [4.69, 9.17) is 4.74 Å². The molecule has 0 radical (unpaired) electrons. The van der Waals surface area contributed by atoms with E-state index in [2.05, 4.69) is 0 Å². The smallest absolute Gasteiger partial charge is 0.316 e. The fourth-order valence-corrected chi connectivity index (χ4v) is 4.95. The van der Waals surface area contributed by atoms with Crippen LogP contribution in [0.25, 0.3) is 11.0 Å². The summed E-state index contributed by atoms with van der Waals surface area (Å²) in [5.41, 5.74) is -0.576. The molecule has 28 heavy (non-hydrogen) atoms. The van der Waals surface area contributed by atoms with Gasteiger partial charge in [0.1, 0.15) is 0 Å². The number of sulfonamides is 1. The summed E-state index contributed by atoms with van der Waals surface area (Å²) in [5, 5.41) is 0. The SMILES string of the molecule is CCOC(=O)C1CCN(S(=O)(=O)c2ccc3c(c2)n(C)c(=O)c(=O)n3C)CC1. The van der Waals surface area contributed by atoms with Crippen LogP contribution in [0.2, 0.25) is 0 Å². The number of aromatic nitrogens is 2. The Bertz CT molecular complexity index is 1140. The molecule has 2 aromatic rings. The lowest BCUT2D eigenvalue weighted by Crippen LogP contribution is -2.41. The predicted octanol–water partition coefficient (Wildman–Crippen LogP) is 0.201. The number of rotatable bonds is 4. The lowest BCUT2D eigenvalue weighted by Gasteiger charge is -2.30. The summed E-state index contributed by atoms with van der Waals surface area (Å²) in [6, 6.07) is 4.36. The molecule has 1 aliphatic heterocycles. The summed E-state index contributed by atoms with van der Waals surface area (Å²) < 4.78 is 34.8. The van der Waals surface area contributed by atoms with Crippen molar-refractivity contribution in [2.45, 2.75) is 24.7 Å². The first-order valence-electron chi connectivity index (χ1n) is 9.05. The molecule has 3 rings (SSSR count). The van der Waals surface area contributed by atoms with E-state index < -0.39 is 21.1 Å². The third kappa shape index (κ3) is 3.37. The number of nitrogens with zero attached hydrogens (tertiary/aromatic N) is 3. The maximum atomic E-state index is 13.0. The molecule has 0 aliphatic carbocycles. The molecule has 9 nitrogen and oxygen atoms in total. The summed E-state index contributed by atoms with van der Waals surface area (Å²) >= 11 is 0. The standard InChI is InChI=1S/C18H23N3O6S/c1-4-27-18(24)12-7-9-21(10-8-12)28(25,26)13-5-6-14-15(11-13)20(3)17(23)16(22)19(14)2/h5-6,11-12H,4,7-10H2,1-3H3. The van der Waals surface area contributed by atoms with Crippen molar-refractivity contribution in [2.75, 3.05) is 19.7 Å². The van der Waals surface area contributed by atoms with Gasteiger partial charge in [0.25, 0.3) is 0 Å². The highest BCUT2D eigenvalue weighted by atomic mass is 32.2. The van der Waals surface area contributed by atoms with Crippen molar-refractivity contribution in [3.63, 3.8) is 0 Å². The number of carbonyl (C=O) groups excluding carboxylic acids is 1. The number of aryl methyl sites for hydroxylation is 2. The molecule has 0 bridgehead atoms. The van der Waals surface area contributed by atoms with Gasteiger partial charge < -0.3 is 13.9 Å². The van der Waals surface area contributed by atoms with E-state index in [1.807, 2.05) is 0 Å². The van der Waals surface area contributed by atoms with E-state index in [9.17, 15) is 22.8 Å². The zero-order valence-corrected chi connectivity index (χ0v) is 16.9. The van der Waals surface area contributed by atoms with Crippen molar-refractivity contribution in [2.24, 2.45) is 20.0 Å². The van der Waals surface area contributed by atoms with Crippen molar-refractivity contribution in [1.29, 1.82) is 0 Å². The number of hydrogen-bond acceptors (Lipinski definition) is 6. The molecule has 0 spiro atoms. The molecule has 2 heterocycles. The van der Waals surface area contributed by atoms with Crippen molar-refractivity contribution in [3.8, 4) is 0 Å². The molecule has 1 fully saturated rings.